The van der Waals surface area contributed by atoms with Crippen molar-refractivity contribution < 1.29 is 0 Å². The van der Waals surface area contributed by atoms with E-state index in [0.29, 0.717) is 0 Å². The van der Waals surface area contributed by atoms with Gasteiger partial charge in [0.2, 0.25) is 0 Å². The lowest BCUT2D eigenvalue weighted by Gasteiger charge is -2.19. The van der Waals surface area contributed by atoms with Crippen LogP contribution < -0.4 is 0 Å². The minimum Gasteiger partial charge on any atom is -0.118 e. The van der Waals surface area contributed by atoms with Crippen LogP contribution in [0.15, 0.2) is 24.3 Å². The van der Waals surface area contributed by atoms with E-state index in [1.165, 1.54) is 30.4 Å². The fraction of sp³-hybridized carbons (Fsp3) is 0.600. The van der Waals surface area contributed by atoms with Gasteiger partial charge in [-0.1, -0.05) is 31.2 Å². The van der Waals surface area contributed by atoms with Gasteiger partial charge in [-0.3, -0.25) is 0 Å². The summed E-state index contributed by atoms with van der Waals surface area (Å²) in [5.74, 6) is 2.79. The van der Waals surface area contributed by atoms with Gasteiger partial charge >= 0.3 is 0 Å². The molecule has 0 saturated heterocycles. The first-order valence-electron chi connectivity index (χ1n) is 6.51. The van der Waals surface area contributed by atoms with E-state index in [1.807, 2.05) is 0 Å². The van der Waals surface area contributed by atoms with Gasteiger partial charge in [0.15, 0.2) is 0 Å². The summed E-state index contributed by atoms with van der Waals surface area (Å²) in [6, 6.07) is 8.89. The van der Waals surface area contributed by atoms with Crippen LogP contribution in [0, 0.1) is 17.8 Å². The van der Waals surface area contributed by atoms with Crippen molar-refractivity contribution in [3.8, 4) is 0 Å². The molecular formula is C15H19Cl. The lowest BCUT2D eigenvalue weighted by atomic mass is 9.93. The van der Waals surface area contributed by atoms with Gasteiger partial charge in [0.1, 0.15) is 0 Å². The average Bonchev–Trinajstić information content (AvgIpc) is 2.95. The Morgan fingerprint density at radius 1 is 1.12 bits per heavy atom. The van der Waals surface area contributed by atoms with Gasteiger partial charge in [-0.2, -0.15) is 0 Å². The molecule has 3 atom stereocenters. The van der Waals surface area contributed by atoms with Crippen LogP contribution >= 0.6 is 11.6 Å². The highest BCUT2D eigenvalue weighted by Gasteiger charge is 2.47. The molecule has 0 aromatic heterocycles. The predicted octanol–water partition coefficient (Wildman–Crippen LogP) is 4.58. The van der Waals surface area contributed by atoms with Gasteiger partial charge in [-0.25, -0.2) is 0 Å². The minimum atomic E-state index is 0.249. The number of alkyl halides is 1. The Kier molecular flexibility index (Phi) is 2.71. The fourth-order valence-corrected chi connectivity index (χ4v) is 3.56. The first-order valence-corrected chi connectivity index (χ1v) is 6.94. The maximum absolute atomic E-state index is 6.59. The Hall–Kier alpha value is -0.490. The molecule has 0 heterocycles. The highest BCUT2D eigenvalue weighted by molar-refractivity contribution is 6.21. The Balaban J connectivity index is 1.70. The second-order valence-corrected chi connectivity index (χ2v) is 5.95. The number of fused-ring (bicyclic) bond motifs is 1. The van der Waals surface area contributed by atoms with Crippen molar-refractivity contribution in [1.29, 1.82) is 0 Å². The summed E-state index contributed by atoms with van der Waals surface area (Å²) >= 11 is 6.59. The second kappa shape index (κ2) is 4.07. The number of hydrogen-bond acceptors (Lipinski definition) is 0. The first-order chi connectivity index (χ1) is 7.78. The molecule has 16 heavy (non-hydrogen) atoms. The zero-order chi connectivity index (χ0) is 11.1. The lowest BCUT2D eigenvalue weighted by molar-refractivity contribution is 0.471. The molecular weight excluding hydrogens is 216 g/mol. The molecule has 2 aliphatic carbocycles. The SMILES string of the molecule is CCc1ccc(C(Cl)C2CC3CC3C2)cc1. The number of benzene rings is 1. The first kappa shape index (κ1) is 10.7. The Labute approximate surface area is 103 Å². The summed E-state index contributed by atoms with van der Waals surface area (Å²) in [6.07, 6.45) is 5.33. The molecule has 1 aromatic rings. The molecule has 2 fully saturated rings. The van der Waals surface area contributed by atoms with Crippen LogP contribution in [0.2, 0.25) is 0 Å². The van der Waals surface area contributed by atoms with Crippen LogP contribution in [0.5, 0.6) is 0 Å². The molecule has 0 aliphatic heterocycles. The van der Waals surface area contributed by atoms with E-state index in [9.17, 15) is 0 Å². The van der Waals surface area contributed by atoms with Crippen molar-refractivity contribution >= 4 is 11.6 Å². The molecule has 0 radical (unpaired) electrons. The number of halogens is 1. The third-order valence-corrected chi connectivity index (χ3v) is 5.01. The van der Waals surface area contributed by atoms with Crippen molar-refractivity contribution in [2.75, 3.05) is 0 Å². The third-order valence-electron chi connectivity index (χ3n) is 4.40. The van der Waals surface area contributed by atoms with E-state index < -0.39 is 0 Å². The number of hydrogen-bond donors (Lipinski definition) is 0. The van der Waals surface area contributed by atoms with Crippen LogP contribution in [0.1, 0.15) is 42.7 Å². The molecule has 0 N–H and O–H groups in total. The van der Waals surface area contributed by atoms with Crippen molar-refractivity contribution in [2.45, 2.75) is 38.0 Å². The molecule has 3 unspecified atom stereocenters. The van der Waals surface area contributed by atoms with Crippen LogP contribution in [0.3, 0.4) is 0 Å². The molecule has 0 amide bonds. The monoisotopic (exact) mass is 234 g/mol. The summed E-state index contributed by atoms with van der Waals surface area (Å²) in [5.41, 5.74) is 2.73. The zero-order valence-electron chi connectivity index (χ0n) is 9.83. The molecule has 86 valence electrons. The van der Waals surface area contributed by atoms with Crippen LogP contribution in [-0.2, 0) is 6.42 Å². The molecule has 2 saturated carbocycles. The maximum atomic E-state index is 6.59. The third kappa shape index (κ3) is 1.88. The van der Waals surface area contributed by atoms with Crippen molar-refractivity contribution in [3.05, 3.63) is 35.4 Å². The summed E-state index contributed by atoms with van der Waals surface area (Å²) in [7, 11) is 0. The largest absolute Gasteiger partial charge is 0.118 e. The lowest BCUT2D eigenvalue weighted by Crippen LogP contribution is -2.06. The van der Waals surface area contributed by atoms with E-state index in [0.717, 1.165) is 24.2 Å². The minimum absolute atomic E-state index is 0.249. The van der Waals surface area contributed by atoms with Crippen LogP contribution in [-0.4, -0.2) is 0 Å². The maximum Gasteiger partial charge on any atom is 0.0613 e. The number of aryl methyl sites for hydroxylation is 1. The molecule has 0 bridgehead atoms. The van der Waals surface area contributed by atoms with E-state index in [4.69, 9.17) is 11.6 Å². The normalized spacial score (nSPS) is 33.5. The Morgan fingerprint density at radius 3 is 2.31 bits per heavy atom. The molecule has 2 aliphatic rings. The second-order valence-electron chi connectivity index (χ2n) is 5.48. The van der Waals surface area contributed by atoms with E-state index >= 15 is 0 Å². The summed E-state index contributed by atoms with van der Waals surface area (Å²) in [5, 5.41) is 0.249. The smallest absolute Gasteiger partial charge is 0.0613 e. The fourth-order valence-electron chi connectivity index (χ4n) is 3.21. The van der Waals surface area contributed by atoms with Crippen molar-refractivity contribution in [3.63, 3.8) is 0 Å². The number of rotatable bonds is 3. The van der Waals surface area contributed by atoms with E-state index in [-0.39, 0.29) is 5.38 Å². The molecule has 0 spiro atoms. The van der Waals surface area contributed by atoms with Crippen LogP contribution in [0.25, 0.3) is 0 Å². The highest BCUT2D eigenvalue weighted by atomic mass is 35.5. The van der Waals surface area contributed by atoms with Crippen molar-refractivity contribution in [1.82, 2.24) is 0 Å². The summed E-state index contributed by atoms with van der Waals surface area (Å²) < 4.78 is 0. The summed E-state index contributed by atoms with van der Waals surface area (Å²) in [6.45, 7) is 2.19. The Bertz CT molecular complexity index is 358. The van der Waals surface area contributed by atoms with Gasteiger partial charge in [0.05, 0.1) is 5.38 Å². The average molecular weight is 235 g/mol. The predicted molar refractivity (Wildman–Crippen MR) is 68.7 cm³/mol. The molecule has 0 nitrogen and oxygen atoms in total. The molecule has 1 heteroatoms. The molecule has 3 rings (SSSR count). The van der Waals surface area contributed by atoms with Gasteiger partial charge in [0, 0.05) is 0 Å². The van der Waals surface area contributed by atoms with Gasteiger partial charge < -0.3 is 0 Å². The highest BCUT2D eigenvalue weighted by Crippen LogP contribution is 2.58. The van der Waals surface area contributed by atoms with Gasteiger partial charge in [0.25, 0.3) is 0 Å². The Morgan fingerprint density at radius 2 is 1.75 bits per heavy atom. The van der Waals surface area contributed by atoms with Crippen molar-refractivity contribution in [2.24, 2.45) is 17.8 Å². The standard InChI is InChI=1S/C15H19Cl/c1-2-10-3-5-11(6-4-10)15(16)14-8-12-7-13(12)9-14/h3-6,12-15H,2,7-9H2,1H3. The van der Waals surface area contributed by atoms with E-state index in [2.05, 4.69) is 31.2 Å². The topological polar surface area (TPSA) is 0 Å². The molecule has 1 aromatic carbocycles. The summed E-state index contributed by atoms with van der Waals surface area (Å²) in [4.78, 5) is 0. The van der Waals surface area contributed by atoms with E-state index in [1.54, 1.807) is 0 Å². The van der Waals surface area contributed by atoms with Gasteiger partial charge in [-0.05, 0) is 54.6 Å². The van der Waals surface area contributed by atoms with Crippen LogP contribution in [0.4, 0.5) is 0 Å². The zero-order valence-corrected chi connectivity index (χ0v) is 10.6. The quantitative estimate of drug-likeness (QED) is 0.672. The van der Waals surface area contributed by atoms with Gasteiger partial charge in [-0.15, -0.1) is 11.6 Å².